The lowest BCUT2D eigenvalue weighted by molar-refractivity contribution is -0.133. The molecule has 0 aliphatic carbocycles. The summed E-state index contributed by atoms with van der Waals surface area (Å²) < 4.78 is 10.1. The number of aromatic nitrogens is 1. The first-order chi connectivity index (χ1) is 12.5. The maximum atomic E-state index is 12.5. The van der Waals surface area contributed by atoms with Gasteiger partial charge in [-0.25, -0.2) is 0 Å². The number of benzene rings is 1. The van der Waals surface area contributed by atoms with E-state index in [0.717, 1.165) is 11.3 Å². The Kier molecular flexibility index (Phi) is 5.55. The van der Waals surface area contributed by atoms with Crippen molar-refractivity contribution < 1.29 is 18.8 Å². The fraction of sp³-hybridized carbons (Fsp3) is 0.421. The Hall–Kier alpha value is -2.83. The quantitative estimate of drug-likeness (QED) is 0.888. The molecule has 26 heavy (non-hydrogen) atoms. The number of ether oxygens (including phenoxy) is 1. The maximum absolute atomic E-state index is 12.5. The van der Waals surface area contributed by atoms with Crippen LogP contribution in [-0.2, 0) is 16.0 Å². The molecule has 1 aromatic heterocycles. The minimum atomic E-state index is -0.114. The number of piperidine rings is 1. The van der Waals surface area contributed by atoms with Crippen LogP contribution in [0.5, 0.6) is 5.75 Å². The van der Waals surface area contributed by atoms with Crippen LogP contribution in [-0.4, -0.2) is 42.1 Å². The van der Waals surface area contributed by atoms with Crippen LogP contribution in [0.25, 0.3) is 0 Å². The van der Waals surface area contributed by atoms with Crippen LogP contribution in [0.4, 0.5) is 5.82 Å². The van der Waals surface area contributed by atoms with Gasteiger partial charge in [-0.1, -0.05) is 17.3 Å². The van der Waals surface area contributed by atoms with Gasteiger partial charge in [-0.3, -0.25) is 9.59 Å². The fourth-order valence-electron chi connectivity index (χ4n) is 3.07. The van der Waals surface area contributed by atoms with E-state index in [2.05, 4.69) is 10.5 Å². The Bertz CT molecular complexity index is 761. The minimum Gasteiger partial charge on any atom is -0.497 e. The van der Waals surface area contributed by atoms with Gasteiger partial charge < -0.3 is 19.5 Å². The van der Waals surface area contributed by atoms with Crippen molar-refractivity contribution in [3.63, 3.8) is 0 Å². The zero-order valence-corrected chi connectivity index (χ0v) is 15.0. The topological polar surface area (TPSA) is 84.7 Å². The van der Waals surface area contributed by atoms with Crippen LogP contribution in [0, 0.1) is 12.8 Å². The Labute approximate surface area is 152 Å². The van der Waals surface area contributed by atoms with Crippen LogP contribution < -0.4 is 10.1 Å². The summed E-state index contributed by atoms with van der Waals surface area (Å²) in [6, 6.07) is 9.19. The van der Waals surface area contributed by atoms with Crippen molar-refractivity contribution in [1.29, 1.82) is 0 Å². The highest BCUT2D eigenvalue weighted by molar-refractivity contribution is 5.91. The summed E-state index contributed by atoms with van der Waals surface area (Å²) in [5.41, 5.74) is 0.956. The highest BCUT2D eigenvalue weighted by Crippen LogP contribution is 2.21. The molecule has 1 aliphatic rings. The molecule has 1 aromatic carbocycles. The summed E-state index contributed by atoms with van der Waals surface area (Å²) in [5, 5.41) is 6.54. The number of nitrogens with zero attached hydrogens (tertiary/aromatic N) is 2. The molecule has 0 unspecified atom stereocenters. The van der Waals surface area contributed by atoms with E-state index in [-0.39, 0.29) is 17.7 Å². The molecule has 7 nitrogen and oxygen atoms in total. The summed E-state index contributed by atoms with van der Waals surface area (Å²) in [6.45, 7) is 2.95. The SMILES string of the molecule is COc1ccc(CC(=O)N2CCC(C(=O)Nc3cc(C)on3)CC2)cc1. The second-order valence-electron chi connectivity index (χ2n) is 6.49. The zero-order valence-electron chi connectivity index (χ0n) is 15.0. The molecule has 2 heterocycles. The van der Waals surface area contributed by atoms with Gasteiger partial charge in [0.1, 0.15) is 11.5 Å². The molecule has 138 valence electrons. The lowest BCUT2D eigenvalue weighted by atomic mass is 9.95. The average Bonchev–Trinajstić information content (AvgIpc) is 3.07. The maximum Gasteiger partial charge on any atom is 0.228 e. The molecule has 2 amide bonds. The van der Waals surface area contributed by atoms with Crippen molar-refractivity contribution >= 4 is 17.6 Å². The number of carbonyl (C=O) groups excluding carboxylic acids is 2. The number of aryl methyl sites for hydroxylation is 1. The molecular weight excluding hydrogens is 334 g/mol. The molecule has 0 radical (unpaired) electrons. The second kappa shape index (κ2) is 8.03. The van der Waals surface area contributed by atoms with E-state index < -0.39 is 0 Å². The van der Waals surface area contributed by atoms with Crippen LogP contribution in [0.1, 0.15) is 24.2 Å². The third-order valence-corrected chi connectivity index (χ3v) is 4.61. The van der Waals surface area contributed by atoms with Crippen LogP contribution in [0.2, 0.25) is 0 Å². The Morgan fingerprint density at radius 2 is 1.96 bits per heavy atom. The van der Waals surface area contributed by atoms with Gasteiger partial charge in [0.25, 0.3) is 0 Å². The first-order valence-corrected chi connectivity index (χ1v) is 8.70. The Morgan fingerprint density at radius 1 is 1.27 bits per heavy atom. The minimum absolute atomic E-state index is 0.0689. The van der Waals surface area contributed by atoms with Gasteiger partial charge in [0.2, 0.25) is 11.8 Å². The van der Waals surface area contributed by atoms with Gasteiger partial charge >= 0.3 is 0 Å². The smallest absolute Gasteiger partial charge is 0.228 e. The normalized spacial score (nSPS) is 14.9. The number of hydrogen-bond donors (Lipinski definition) is 1. The lowest BCUT2D eigenvalue weighted by Crippen LogP contribution is -2.42. The van der Waals surface area contributed by atoms with Gasteiger partial charge in [0, 0.05) is 25.1 Å². The van der Waals surface area contributed by atoms with Gasteiger partial charge in [0.15, 0.2) is 5.82 Å². The first-order valence-electron chi connectivity index (χ1n) is 8.70. The summed E-state index contributed by atoms with van der Waals surface area (Å²) in [5.74, 6) is 1.76. The second-order valence-corrected chi connectivity index (χ2v) is 6.49. The molecule has 2 aromatic rings. The van der Waals surface area contributed by atoms with Gasteiger partial charge in [0.05, 0.1) is 13.5 Å². The van der Waals surface area contributed by atoms with Gasteiger partial charge in [-0.2, -0.15) is 0 Å². The highest BCUT2D eigenvalue weighted by Gasteiger charge is 2.27. The number of hydrogen-bond acceptors (Lipinski definition) is 5. The monoisotopic (exact) mass is 357 g/mol. The number of carbonyl (C=O) groups is 2. The third kappa shape index (κ3) is 4.41. The molecule has 1 aliphatic heterocycles. The molecule has 0 saturated carbocycles. The third-order valence-electron chi connectivity index (χ3n) is 4.61. The Morgan fingerprint density at radius 3 is 2.54 bits per heavy atom. The number of nitrogens with one attached hydrogen (secondary N) is 1. The van der Waals surface area contributed by atoms with Crippen molar-refractivity contribution in [3.05, 3.63) is 41.7 Å². The average molecular weight is 357 g/mol. The van der Waals surface area contributed by atoms with E-state index in [1.54, 1.807) is 20.1 Å². The van der Waals surface area contributed by atoms with Crippen molar-refractivity contribution in [3.8, 4) is 5.75 Å². The van der Waals surface area contributed by atoms with E-state index in [1.807, 2.05) is 29.2 Å². The van der Waals surface area contributed by atoms with Crippen molar-refractivity contribution in [1.82, 2.24) is 10.1 Å². The first kappa shape index (κ1) is 18.0. The number of methoxy groups -OCH3 is 1. The van der Waals surface area contributed by atoms with E-state index in [1.165, 1.54) is 0 Å². The number of likely N-dealkylation sites (tertiary alicyclic amines) is 1. The molecule has 7 heteroatoms. The van der Waals surface area contributed by atoms with E-state index in [0.29, 0.717) is 43.9 Å². The number of amides is 2. The lowest BCUT2D eigenvalue weighted by Gasteiger charge is -2.31. The molecule has 1 saturated heterocycles. The zero-order chi connectivity index (χ0) is 18.5. The summed E-state index contributed by atoms with van der Waals surface area (Å²) in [6.07, 6.45) is 1.66. The van der Waals surface area contributed by atoms with Crippen molar-refractivity contribution in [2.75, 3.05) is 25.5 Å². The van der Waals surface area contributed by atoms with Gasteiger partial charge in [-0.05, 0) is 37.5 Å². The standard InChI is InChI=1S/C19H23N3O4/c1-13-11-17(21-26-13)20-19(24)15-7-9-22(10-8-15)18(23)12-14-3-5-16(25-2)6-4-14/h3-6,11,15H,7-10,12H2,1-2H3,(H,20,21,24). The van der Waals surface area contributed by atoms with Crippen molar-refractivity contribution in [2.45, 2.75) is 26.2 Å². The summed E-state index contributed by atoms with van der Waals surface area (Å²) >= 11 is 0. The molecular formula is C19H23N3O4. The highest BCUT2D eigenvalue weighted by atomic mass is 16.5. The van der Waals surface area contributed by atoms with Crippen molar-refractivity contribution in [2.24, 2.45) is 5.92 Å². The van der Waals surface area contributed by atoms with Crippen LogP contribution >= 0.6 is 0 Å². The number of rotatable bonds is 5. The van der Waals surface area contributed by atoms with Gasteiger partial charge in [-0.15, -0.1) is 0 Å². The van der Waals surface area contributed by atoms with E-state index in [9.17, 15) is 9.59 Å². The van der Waals surface area contributed by atoms with E-state index >= 15 is 0 Å². The van der Waals surface area contributed by atoms with E-state index in [4.69, 9.17) is 9.26 Å². The predicted molar refractivity (Wildman–Crippen MR) is 95.9 cm³/mol. The number of anilines is 1. The molecule has 3 rings (SSSR count). The fourth-order valence-corrected chi connectivity index (χ4v) is 3.07. The Balaban J connectivity index is 1.47. The molecule has 0 spiro atoms. The largest absolute Gasteiger partial charge is 0.497 e. The summed E-state index contributed by atoms with van der Waals surface area (Å²) in [4.78, 5) is 26.6. The predicted octanol–water partition coefficient (Wildman–Crippen LogP) is 2.41. The molecule has 1 fully saturated rings. The molecule has 0 atom stereocenters. The molecule has 0 bridgehead atoms. The van der Waals surface area contributed by atoms with Crippen LogP contribution in [0.3, 0.4) is 0 Å². The summed E-state index contributed by atoms with van der Waals surface area (Å²) in [7, 11) is 1.62. The van der Waals surface area contributed by atoms with Crippen LogP contribution in [0.15, 0.2) is 34.9 Å². The molecule has 1 N–H and O–H groups in total.